The summed E-state index contributed by atoms with van der Waals surface area (Å²) in [5.74, 6) is -0.969. The van der Waals surface area contributed by atoms with Gasteiger partial charge in [-0.3, -0.25) is 28.7 Å². The van der Waals surface area contributed by atoms with E-state index in [4.69, 9.17) is 34.5 Å². The molecule has 9 rings (SSSR count). The minimum absolute atomic E-state index is 0.0483. The van der Waals surface area contributed by atoms with Gasteiger partial charge in [-0.25, -0.2) is 9.37 Å². The third-order valence-electron chi connectivity index (χ3n) is 16.8. The Labute approximate surface area is 513 Å². The number of hydrogen-bond donors (Lipinski definition) is 5. The summed E-state index contributed by atoms with van der Waals surface area (Å²) in [5.41, 5.74) is 13.3. The van der Waals surface area contributed by atoms with Gasteiger partial charge in [0.05, 0.1) is 95.5 Å². The van der Waals surface area contributed by atoms with Crippen LogP contribution in [0.4, 0.5) is 15.9 Å². The van der Waals surface area contributed by atoms with Crippen molar-refractivity contribution in [3.63, 3.8) is 0 Å². The van der Waals surface area contributed by atoms with E-state index in [-0.39, 0.29) is 106 Å². The minimum atomic E-state index is -0.895. The first kappa shape index (κ1) is 64.5. The fraction of sp³-hybridized carbons (Fsp3) is 0.508. The highest BCUT2D eigenvalue weighted by atomic mass is 19.1. The summed E-state index contributed by atoms with van der Waals surface area (Å²) in [4.78, 5) is 78.8. The fourth-order valence-electron chi connectivity index (χ4n) is 12.0. The molecule has 2 aromatic heterocycles. The number of benzene rings is 3. The number of nitrogens with one attached hydrogen (secondary N) is 4. The van der Waals surface area contributed by atoms with Crippen LogP contribution in [-0.2, 0) is 70.6 Å². The summed E-state index contributed by atoms with van der Waals surface area (Å²) in [5, 5.41) is 27.4. The maximum Gasteiger partial charge on any atom is 0.254 e. The normalized spacial score (nSPS) is 17.8. The molecule has 1 saturated heterocycles. The second-order valence-corrected chi connectivity index (χ2v) is 23.9. The number of rotatable bonds is 25. The second-order valence-electron chi connectivity index (χ2n) is 23.9. The van der Waals surface area contributed by atoms with Gasteiger partial charge >= 0.3 is 0 Å². The number of nitriles is 1. The Morgan fingerprint density at radius 1 is 0.864 bits per heavy atom. The van der Waals surface area contributed by atoms with Gasteiger partial charge in [-0.05, 0) is 116 Å². The van der Waals surface area contributed by atoms with Crippen LogP contribution < -0.4 is 36.6 Å². The highest BCUT2D eigenvalue weighted by Gasteiger charge is 2.43. The van der Waals surface area contributed by atoms with E-state index in [0.717, 1.165) is 42.4 Å². The van der Waals surface area contributed by atoms with E-state index >= 15 is 0 Å². The van der Waals surface area contributed by atoms with Gasteiger partial charge in [0.25, 0.3) is 5.91 Å². The van der Waals surface area contributed by atoms with E-state index in [1.165, 1.54) is 33.3 Å². The number of aryl methyl sites for hydroxylation is 1. The molecule has 1 aliphatic carbocycles. The quantitative estimate of drug-likeness (QED) is 0.0439. The van der Waals surface area contributed by atoms with Crippen LogP contribution in [0.1, 0.15) is 121 Å². The first-order valence-corrected chi connectivity index (χ1v) is 30.5. The Hall–Kier alpha value is -8.01. The van der Waals surface area contributed by atoms with Crippen LogP contribution in [0.2, 0.25) is 0 Å². The second kappa shape index (κ2) is 29.8. The summed E-state index contributed by atoms with van der Waals surface area (Å²) in [6.45, 7) is 11.4. The van der Waals surface area contributed by atoms with Crippen LogP contribution in [-0.4, -0.2) is 159 Å². The average molecular weight is 1210 g/mol. The summed E-state index contributed by atoms with van der Waals surface area (Å²) in [6, 6.07) is 19.6. The number of carbonyl (C=O) groups is 5. The lowest BCUT2D eigenvalue weighted by molar-refractivity contribution is -0.147. The summed E-state index contributed by atoms with van der Waals surface area (Å²) in [7, 11) is 3.34. The Kier molecular flexibility index (Phi) is 21.8. The maximum atomic E-state index is 14.7. The number of pyridine rings is 1. The number of halogens is 1. The van der Waals surface area contributed by atoms with Crippen LogP contribution in [0, 0.1) is 22.6 Å². The number of nitrogen functional groups attached to an aromatic ring is 1. The molecular weight excluding hydrogens is 1130 g/mol. The predicted molar refractivity (Wildman–Crippen MR) is 327 cm³/mol. The Balaban J connectivity index is 0.666. The van der Waals surface area contributed by atoms with E-state index < -0.39 is 29.4 Å². The van der Waals surface area contributed by atoms with Crippen molar-refractivity contribution in [3.8, 4) is 22.9 Å². The lowest BCUT2D eigenvalue weighted by atomic mass is 9.83. The molecule has 6 N–H and O–H groups in total. The molecule has 5 amide bonds. The zero-order valence-corrected chi connectivity index (χ0v) is 51.3. The van der Waals surface area contributed by atoms with E-state index in [1.54, 1.807) is 32.1 Å². The highest BCUT2D eigenvalue weighted by molar-refractivity contribution is 5.97. The van der Waals surface area contributed by atoms with Gasteiger partial charge in [-0.15, -0.1) is 0 Å². The van der Waals surface area contributed by atoms with Crippen molar-refractivity contribution in [2.45, 2.75) is 122 Å². The smallest absolute Gasteiger partial charge is 0.254 e. The molecular formula is C65H83FN12O10. The molecule has 470 valence electrons. The fourth-order valence-corrected chi connectivity index (χ4v) is 12.0. The zero-order chi connectivity index (χ0) is 62.5. The van der Waals surface area contributed by atoms with Crippen molar-refractivity contribution in [2.24, 2.45) is 5.41 Å². The van der Waals surface area contributed by atoms with Gasteiger partial charge in [0.2, 0.25) is 23.6 Å². The molecule has 88 heavy (non-hydrogen) atoms. The number of amides is 5. The number of aromatic nitrogens is 3. The molecule has 5 atom stereocenters. The molecule has 2 bridgehead atoms. The largest absolute Gasteiger partial charge is 0.491 e. The van der Waals surface area contributed by atoms with Gasteiger partial charge < -0.3 is 65.4 Å². The lowest BCUT2D eigenvalue weighted by Gasteiger charge is -2.41. The minimum Gasteiger partial charge on any atom is -0.491 e. The van der Waals surface area contributed by atoms with Crippen molar-refractivity contribution in [1.82, 2.24) is 45.8 Å². The van der Waals surface area contributed by atoms with E-state index in [1.807, 2.05) is 57.2 Å². The number of fused-ring (bicyclic) bond motifs is 10. The van der Waals surface area contributed by atoms with Gasteiger partial charge in [-0.1, -0.05) is 51.1 Å². The van der Waals surface area contributed by atoms with Crippen molar-refractivity contribution in [1.29, 1.82) is 5.26 Å². The number of nitrogens with zero attached hydrogens (tertiary/aromatic N) is 7. The summed E-state index contributed by atoms with van der Waals surface area (Å²) < 4.78 is 45.0. The van der Waals surface area contributed by atoms with Gasteiger partial charge in [0.15, 0.2) is 0 Å². The van der Waals surface area contributed by atoms with Crippen LogP contribution in [0.15, 0.2) is 72.9 Å². The number of likely N-dealkylation sites (N-methyl/N-ethyl adjacent to an activating group) is 1. The number of carbonyl (C=O) groups excluding carboxylic acids is 5. The molecule has 3 aliphatic heterocycles. The SMILES string of the molecule is CN[C@@H](C)C(=O)N[C@H](C(=O)N1Cc2cc(OCCOCCOCCOCCOCCC(=O)NCCn3nc4c(c3C#N)-c3cnc(N)c(c3)N3CCC[C@@H]3c3cc(F)ccc3C(=O)N(C)C4)ccc2C[C@H]1C(=O)N[C@@H]1CCCc2ccccc21)C(C)(C)C. The van der Waals surface area contributed by atoms with E-state index in [0.29, 0.717) is 98.4 Å². The third-order valence-corrected chi connectivity index (χ3v) is 16.8. The molecule has 5 aromatic rings. The lowest BCUT2D eigenvalue weighted by Crippen LogP contribution is -2.62. The van der Waals surface area contributed by atoms with Gasteiger partial charge in [0.1, 0.15) is 47.8 Å². The monoisotopic (exact) mass is 1210 g/mol. The molecule has 0 saturated carbocycles. The third kappa shape index (κ3) is 15.6. The zero-order valence-electron chi connectivity index (χ0n) is 51.3. The van der Waals surface area contributed by atoms with E-state index in [9.17, 15) is 33.6 Å². The van der Waals surface area contributed by atoms with Crippen molar-refractivity contribution >= 4 is 41.0 Å². The Morgan fingerprint density at radius 2 is 1.59 bits per heavy atom. The first-order valence-electron chi connectivity index (χ1n) is 30.5. The Bertz CT molecular complexity index is 3350. The Morgan fingerprint density at radius 3 is 2.32 bits per heavy atom. The average Bonchev–Trinajstić information content (AvgIpc) is 2.10. The first-order chi connectivity index (χ1) is 42.4. The van der Waals surface area contributed by atoms with Crippen molar-refractivity contribution < 1.29 is 52.0 Å². The number of hydrogen-bond acceptors (Lipinski definition) is 16. The van der Waals surface area contributed by atoms with Crippen LogP contribution in [0.5, 0.6) is 5.75 Å². The molecule has 5 heterocycles. The predicted octanol–water partition coefficient (Wildman–Crippen LogP) is 5.70. The number of anilines is 2. The molecule has 4 aliphatic rings. The summed E-state index contributed by atoms with van der Waals surface area (Å²) in [6.07, 6.45) is 6.20. The molecule has 0 radical (unpaired) electrons. The van der Waals surface area contributed by atoms with Gasteiger partial charge in [-0.2, -0.15) is 10.4 Å². The topological polar surface area (TPSA) is 270 Å². The summed E-state index contributed by atoms with van der Waals surface area (Å²) >= 11 is 0. The molecule has 0 spiro atoms. The maximum absolute atomic E-state index is 14.7. The van der Waals surface area contributed by atoms with Gasteiger partial charge in [0, 0.05) is 62.4 Å². The van der Waals surface area contributed by atoms with Crippen LogP contribution >= 0.6 is 0 Å². The standard InChI is InChI=1S/C65H83FN12O10/c1-41(69-5)61(80)73-59(65(2,3)4)64(83)77-39-45-33-47(18-16-43(45)34-55(77)62(81)72-51-14-9-12-42-11-7-8-13-48(42)51)88-32-31-87-30-29-86-28-27-85-26-25-84-24-20-57(79)70-21-23-78-56(37-67)58-44-35-54(60(68)71-38-44)76-22-10-15-53(76)50-36-46(66)17-19-49(50)63(82)75(6)40-52(58)74-78/h7-8,11,13,16-19,33,35-36,38,41,51,53,55,59,69H,9-10,12,14-15,20-32,34,39-40H2,1-6H3,(H2,68,71)(H,70,79)(H,72,81)(H,73,80)/t41-,51+,53+,55-,59+/m0/s1. The number of nitrogens with two attached hydrogens (primary N) is 1. The molecule has 3 aromatic carbocycles. The van der Waals surface area contributed by atoms with Crippen LogP contribution in [0.3, 0.4) is 0 Å². The molecule has 1 fully saturated rings. The molecule has 23 heteroatoms. The molecule has 22 nitrogen and oxygen atoms in total. The van der Waals surface area contributed by atoms with E-state index in [2.05, 4.69) is 49.4 Å². The van der Waals surface area contributed by atoms with Crippen LogP contribution in [0.25, 0.3) is 11.1 Å². The molecule has 0 unspecified atom stereocenters. The van der Waals surface area contributed by atoms with Crippen molar-refractivity contribution in [2.75, 3.05) is 97.3 Å². The van der Waals surface area contributed by atoms with Crippen molar-refractivity contribution in [3.05, 3.63) is 124 Å². The highest BCUT2D eigenvalue weighted by Crippen LogP contribution is 2.43. The number of ether oxygens (including phenoxy) is 5.